The van der Waals surface area contributed by atoms with Crippen LogP contribution >= 0.6 is 0 Å². The smallest absolute Gasteiger partial charge is 0.419 e. The molecular weight excluding hydrogens is 283 g/mol. The van der Waals surface area contributed by atoms with Crippen molar-refractivity contribution >= 4 is 0 Å². The molecular formula is C15H20F3NO2. The first-order valence-corrected chi connectivity index (χ1v) is 7.13. The van der Waals surface area contributed by atoms with Crippen molar-refractivity contribution < 1.29 is 23.0 Å². The van der Waals surface area contributed by atoms with Gasteiger partial charge in [0.25, 0.3) is 0 Å². The second kappa shape index (κ2) is 7.13. The molecule has 1 aromatic carbocycles. The molecule has 1 aromatic rings. The zero-order valence-electron chi connectivity index (χ0n) is 11.8. The van der Waals surface area contributed by atoms with Gasteiger partial charge in [0, 0.05) is 19.7 Å². The molecule has 118 valence electrons. The molecule has 21 heavy (non-hydrogen) atoms. The van der Waals surface area contributed by atoms with E-state index >= 15 is 0 Å². The van der Waals surface area contributed by atoms with Gasteiger partial charge >= 0.3 is 6.18 Å². The number of para-hydroxylation sites is 1. The van der Waals surface area contributed by atoms with Crippen LogP contribution in [0.5, 0.6) is 5.75 Å². The molecule has 1 saturated heterocycles. The highest BCUT2D eigenvalue weighted by Crippen LogP contribution is 2.35. The van der Waals surface area contributed by atoms with Crippen molar-refractivity contribution in [2.24, 2.45) is 5.92 Å². The summed E-state index contributed by atoms with van der Waals surface area (Å²) in [5, 5.41) is 9.16. The van der Waals surface area contributed by atoms with Gasteiger partial charge in [-0.3, -0.25) is 4.90 Å². The standard InChI is InChI=1S/C15H20F3NO2/c16-15(17,18)13-5-1-2-6-14(13)21-9-8-19-7-3-4-12(10-19)11-20/h1-2,5-6,12,20H,3-4,7-11H2. The predicted molar refractivity (Wildman–Crippen MR) is 73.2 cm³/mol. The Morgan fingerprint density at radius 2 is 2.05 bits per heavy atom. The molecule has 1 heterocycles. The van der Waals surface area contributed by atoms with Gasteiger partial charge in [0.15, 0.2) is 0 Å². The summed E-state index contributed by atoms with van der Waals surface area (Å²) in [6, 6.07) is 5.26. The maximum Gasteiger partial charge on any atom is 0.419 e. The molecule has 1 unspecified atom stereocenters. The van der Waals surface area contributed by atoms with E-state index in [9.17, 15) is 13.2 Å². The predicted octanol–water partition coefficient (Wildman–Crippen LogP) is 2.79. The molecule has 0 radical (unpaired) electrons. The molecule has 6 heteroatoms. The summed E-state index contributed by atoms with van der Waals surface area (Å²) in [6.07, 6.45) is -2.39. The number of aliphatic hydroxyl groups excluding tert-OH is 1. The fourth-order valence-corrected chi connectivity index (χ4v) is 2.61. The maximum atomic E-state index is 12.8. The van der Waals surface area contributed by atoms with E-state index in [1.807, 2.05) is 0 Å². The lowest BCUT2D eigenvalue weighted by Gasteiger charge is -2.31. The lowest BCUT2D eigenvalue weighted by Crippen LogP contribution is -2.39. The Morgan fingerprint density at radius 1 is 1.29 bits per heavy atom. The first kappa shape index (κ1) is 16.1. The van der Waals surface area contributed by atoms with Gasteiger partial charge in [-0.1, -0.05) is 12.1 Å². The molecule has 0 saturated carbocycles. The van der Waals surface area contributed by atoms with Crippen LogP contribution in [-0.4, -0.2) is 42.9 Å². The van der Waals surface area contributed by atoms with Crippen LogP contribution in [0, 0.1) is 5.92 Å². The number of aliphatic hydroxyl groups is 1. The van der Waals surface area contributed by atoms with E-state index < -0.39 is 11.7 Å². The number of halogens is 3. The minimum Gasteiger partial charge on any atom is -0.492 e. The normalized spacial score (nSPS) is 20.5. The molecule has 1 aliphatic heterocycles. The maximum absolute atomic E-state index is 12.8. The Bertz CT molecular complexity index is 451. The summed E-state index contributed by atoms with van der Waals surface area (Å²) in [7, 11) is 0. The van der Waals surface area contributed by atoms with Crippen molar-refractivity contribution in [1.29, 1.82) is 0 Å². The van der Waals surface area contributed by atoms with E-state index in [2.05, 4.69) is 4.90 Å². The summed E-state index contributed by atoms with van der Waals surface area (Å²) in [4.78, 5) is 2.13. The highest BCUT2D eigenvalue weighted by atomic mass is 19.4. The van der Waals surface area contributed by atoms with Gasteiger partial charge in [-0.25, -0.2) is 0 Å². The van der Waals surface area contributed by atoms with Crippen LogP contribution in [0.3, 0.4) is 0 Å². The van der Waals surface area contributed by atoms with E-state index in [1.54, 1.807) is 0 Å². The van der Waals surface area contributed by atoms with Gasteiger partial charge < -0.3 is 9.84 Å². The lowest BCUT2D eigenvalue weighted by atomic mass is 9.99. The van der Waals surface area contributed by atoms with Gasteiger partial charge in [-0.15, -0.1) is 0 Å². The highest BCUT2D eigenvalue weighted by Gasteiger charge is 2.34. The van der Waals surface area contributed by atoms with Crippen LogP contribution in [0.25, 0.3) is 0 Å². The number of nitrogens with zero attached hydrogens (tertiary/aromatic N) is 1. The van der Waals surface area contributed by atoms with Gasteiger partial charge in [0.2, 0.25) is 0 Å². The van der Waals surface area contributed by atoms with Gasteiger partial charge in [-0.2, -0.15) is 13.2 Å². The molecule has 0 spiro atoms. The average Bonchev–Trinajstić information content (AvgIpc) is 2.47. The molecule has 1 atom stereocenters. The average molecular weight is 303 g/mol. The number of benzene rings is 1. The van der Waals surface area contributed by atoms with Crippen LogP contribution < -0.4 is 4.74 Å². The van der Waals surface area contributed by atoms with E-state index in [1.165, 1.54) is 18.2 Å². The van der Waals surface area contributed by atoms with E-state index in [0.717, 1.165) is 32.0 Å². The summed E-state index contributed by atoms with van der Waals surface area (Å²) in [5.41, 5.74) is -0.739. The summed E-state index contributed by atoms with van der Waals surface area (Å²) >= 11 is 0. The molecule has 3 nitrogen and oxygen atoms in total. The van der Waals surface area contributed by atoms with Gasteiger partial charge in [0.1, 0.15) is 12.4 Å². The number of ether oxygens (including phenoxy) is 1. The molecule has 1 fully saturated rings. The van der Waals surface area contributed by atoms with Gasteiger partial charge in [0.05, 0.1) is 5.56 Å². The zero-order valence-corrected chi connectivity index (χ0v) is 11.8. The van der Waals surface area contributed by atoms with Crippen molar-refractivity contribution in [2.75, 3.05) is 32.8 Å². The summed E-state index contributed by atoms with van der Waals surface area (Å²) in [6.45, 7) is 2.63. The summed E-state index contributed by atoms with van der Waals surface area (Å²) in [5.74, 6) is 0.141. The monoisotopic (exact) mass is 303 g/mol. The fraction of sp³-hybridized carbons (Fsp3) is 0.600. The largest absolute Gasteiger partial charge is 0.492 e. The quantitative estimate of drug-likeness (QED) is 0.908. The zero-order chi connectivity index (χ0) is 15.3. The number of hydrogen-bond donors (Lipinski definition) is 1. The number of alkyl halides is 3. The van der Waals surface area contributed by atoms with Crippen LogP contribution in [0.1, 0.15) is 18.4 Å². The van der Waals surface area contributed by atoms with Crippen LogP contribution in [0.15, 0.2) is 24.3 Å². The topological polar surface area (TPSA) is 32.7 Å². The first-order chi connectivity index (χ1) is 10.0. The van der Waals surface area contributed by atoms with Crippen LogP contribution in [-0.2, 0) is 6.18 Å². The minimum absolute atomic E-state index is 0.124. The second-order valence-electron chi connectivity index (χ2n) is 5.33. The fourth-order valence-electron chi connectivity index (χ4n) is 2.61. The Labute approximate surface area is 122 Å². The number of likely N-dealkylation sites (tertiary alicyclic amines) is 1. The van der Waals surface area contributed by atoms with Crippen LogP contribution in [0.2, 0.25) is 0 Å². The molecule has 0 aromatic heterocycles. The highest BCUT2D eigenvalue weighted by molar-refractivity contribution is 5.35. The first-order valence-electron chi connectivity index (χ1n) is 7.13. The van der Waals surface area contributed by atoms with E-state index in [4.69, 9.17) is 9.84 Å². The van der Waals surface area contributed by atoms with E-state index in [0.29, 0.717) is 6.54 Å². The van der Waals surface area contributed by atoms with Gasteiger partial charge in [-0.05, 0) is 37.4 Å². The molecule has 0 aliphatic carbocycles. The third kappa shape index (κ3) is 4.61. The Kier molecular flexibility index (Phi) is 5.47. The Hall–Kier alpha value is -1.27. The number of rotatable bonds is 5. The minimum atomic E-state index is -4.40. The second-order valence-corrected chi connectivity index (χ2v) is 5.33. The lowest BCUT2D eigenvalue weighted by molar-refractivity contribution is -0.139. The Balaban J connectivity index is 1.86. The van der Waals surface area contributed by atoms with Crippen molar-refractivity contribution in [2.45, 2.75) is 19.0 Å². The third-order valence-electron chi connectivity index (χ3n) is 3.72. The number of piperidine rings is 1. The molecule has 1 aliphatic rings. The Morgan fingerprint density at radius 3 is 2.76 bits per heavy atom. The molecule has 2 rings (SSSR count). The van der Waals surface area contributed by atoms with Crippen molar-refractivity contribution in [3.63, 3.8) is 0 Å². The van der Waals surface area contributed by atoms with Crippen molar-refractivity contribution in [3.05, 3.63) is 29.8 Å². The van der Waals surface area contributed by atoms with E-state index in [-0.39, 0.29) is 24.9 Å². The third-order valence-corrected chi connectivity index (χ3v) is 3.72. The van der Waals surface area contributed by atoms with Crippen LogP contribution in [0.4, 0.5) is 13.2 Å². The summed E-state index contributed by atoms with van der Waals surface area (Å²) < 4.78 is 43.7. The molecule has 0 amide bonds. The van der Waals surface area contributed by atoms with Crippen molar-refractivity contribution in [3.8, 4) is 5.75 Å². The SMILES string of the molecule is OCC1CCCN(CCOc2ccccc2C(F)(F)F)C1. The van der Waals surface area contributed by atoms with Crippen molar-refractivity contribution in [1.82, 2.24) is 4.90 Å². The number of hydrogen-bond acceptors (Lipinski definition) is 3. The molecule has 1 N–H and O–H groups in total. The molecule has 0 bridgehead atoms.